The molecule has 1 aromatic heterocycles. The summed E-state index contributed by atoms with van der Waals surface area (Å²) in [7, 11) is 0. The Bertz CT molecular complexity index is 486. The van der Waals surface area contributed by atoms with E-state index >= 15 is 0 Å². The quantitative estimate of drug-likeness (QED) is 0.811. The van der Waals surface area contributed by atoms with Crippen LogP contribution in [0.5, 0.6) is 0 Å². The number of nitrogens with zero attached hydrogens (tertiary/aromatic N) is 4. The highest BCUT2D eigenvalue weighted by atomic mass is 15.2. The average molecular weight is 241 g/mol. The van der Waals surface area contributed by atoms with Gasteiger partial charge in [0.15, 0.2) is 0 Å². The molecule has 1 aliphatic rings. The lowest BCUT2D eigenvalue weighted by Gasteiger charge is -2.26. The van der Waals surface area contributed by atoms with E-state index in [4.69, 9.17) is 0 Å². The van der Waals surface area contributed by atoms with E-state index in [-0.39, 0.29) is 0 Å². The first-order chi connectivity index (χ1) is 8.93. The summed E-state index contributed by atoms with van der Waals surface area (Å²) in [6.45, 7) is 4.98. The SMILES string of the molecule is c1ccc(-n2cncc2CN2CC[N]CC2)cc1. The second-order valence-corrected chi connectivity index (χ2v) is 4.54. The topological polar surface area (TPSA) is 35.2 Å². The molecule has 4 heteroatoms. The molecule has 1 aliphatic heterocycles. The zero-order chi connectivity index (χ0) is 12.2. The summed E-state index contributed by atoms with van der Waals surface area (Å²) in [4.78, 5) is 6.71. The van der Waals surface area contributed by atoms with Crippen LogP contribution in [-0.2, 0) is 6.54 Å². The van der Waals surface area contributed by atoms with Gasteiger partial charge in [-0.15, -0.1) is 0 Å². The van der Waals surface area contributed by atoms with Gasteiger partial charge in [-0.2, -0.15) is 0 Å². The first-order valence-electron chi connectivity index (χ1n) is 6.36. The Morgan fingerprint density at radius 2 is 1.83 bits per heavy atom. The Hall–Kier alpha value is -1.65. The molecule has 1 fully saturated rings. The van der Waals surface area contributed by atoms with Crippen LogP contribution in [0.4, 0.5) is 0 Å². The molecule has 2 aromatic rings. The molecule has 0 unspecified atom stereocenters. The van der Waals surface area contributed by atoms with Crippen LogP contribution in [0.3, 0.4) is 0 Å². The number of rotatable bonds is 3. The summed E-state index contributed by atoms with van der Waals surface area (Å²) in [6, 6.07) is 10.4. The Kier molecular flexibility index (Phi) is 3.39. The Morgan fingerprint density at radius 1 is 1.06 bits per heavy atom. The zero-order valence-corrected chi connectivity index (χ0v) is 10.4. The summed E-state index contributed by atoms with van der Waals surface area (Å²) < 4.78 is 2.16. The highest BCUT2D eigenvalue weighted by molar-refractivity contribution is 5.33. The molecule has 0 atom stereocenters. The van der Waals surface area contributed by atoms with E-state index in [1.807, 2.05) is 18.6 Å². The van der Waals surface area contributed by atoms with E-state index in [1.54, 1.807) is 0 Å². The molecule has 1 aromatic carbocycles. The predicted molar refractivity (Wildman–Crippen MR) is 70.7 cm³/mol. The van der Waals surface area contributed by atoms with Gasteiger partial charge in [0.1, 0.15) is 0 Å². The van der Waals surface area contributed by atoms with Crippen molar-refractivity contribution in [1.29, 1.82) is 0 Å². The van der Waals surface area contributed by atoms with Gasteiger partial charge in [-0.25, -0.2) is 10.3 Å². The second kappa shape index (κ2) is 5.33. The van der Waals surface area contributed by atoms with E-state index in [9.17, 15) is 0 Å². The summed E-state index contributed by atoms with van der Waals surface area (Å²) in [5.41, 5.74) is 2.41. The maximum absolute atomic E-state index is 4.37. The maximum Gasteiger partial charge on any atom is 0.0994 e. The monoisotopic (exact) mass is 241 g/mol. The normalized spacial score (nSPS) is 16.9. The van der Waals surface area contributed by atoms with Crippen LogP contribution in [0.15, 0.2) is 42.9 Å². The Morgan fingerprint density at radius 3 is 2.61 bits per heavy atom. The molecule has 93 valence electrons. The molecule has 1 radical (unpaired) electrons. The van der Waals surface area contributed by atoms with Gasteiger partial charge in [0.25, 0.3) is 0 Å². The Balaban J connectivity index is 1.79. The molecule has 0 saturated carbocycles. The standard InChI is InChI=1S/C14H17N4/c1-2-4-13(5-3-1)18-12-16-10-14(18)11-17-8-6-15-7-9-17/h1-5,10,12H,6-9,11H2. The van der Waals surface area contributed by atoms with E-state index in [2.05, 4.69) is 44.0 Å². The van der Waals surface area contributed by atoms with E-state index in [0.717, 1.165) is 32.7 Å². The second-order valence-electron chi connectivity index (χ2n) is 4.54. The third kappa shape index (κ3) is 2.44. The van der Waals surface area contributed by atoms with Crippen molar-refractivity contribution in [3.05, 3.63) is 48.5 Å². The number of imidazole rings is 1. The zero-order valence-electron chi connectivity index (χ0n) is 10.4. The minimum Gasteiger partial charge on any atom is -0.302 e. The van der Waals surface area contributed by atoms with Crippen LogP contribution in [0, 0.1) is 0 Å². The summed E-state index contributed by atoms with van der Waals surface area (Å²) in [6.07, 6.45) is 3.84. The van der Waals surface area contributed by atoms with Crippen molar-refractivity contribution in [2.45, 2.75) is 6.54 Å². The van der Waals surface area contributed by atoms with Gasteiger partial charge in [0.2, 0.25) is 0 Å². The maximum atomic E-state index is 4.37. The van der Waals surface area contributed by atoms with Crippen LogP contribution in [0.25, 0.3) is 5.69 Å². The minimum absolute atomic E-state index is 0.949. The van der Waals surface area contributed by atoms with Crippen molar-refractivity contribution < 1.29 is 0 Å². The molecule has 0 aliphatic carbocycles. The molecule has 2 heterocycles. The lowest BCUT2D eigenvalue weighted by Crippen LogP contribution is -2.39. The number of hydrogen-bond acceptors (Lipinski definition) is 2. The number of hydrogen-bond donors (Lipinski definition) is 0. The van der Waals surface area contributed by atoms with Crippen LogP contribution in [-0.4, -0.2) is 40.6 Å². The average Bonchev–Trinajstić information content (AvgIpc) is 2.89. The van der Waals surface area contributed by atoms with E-state index in [0.29, 0.717) is 0 Å². The summed E-state index contributed by atoms with van der Waals surface area (Å²) in [5, 5.41) is 4.37. The van der Waals surface area contributed by atoms with Crippen LogP contribution in [0.1, 0.15) is 5.69 Å². The number of benzene rings is 1. The Labute approximate surface area is 107 Å². The molecule has 3 rings (SSSR count). The van der Waals surface area contributed by atoms with Gasteiger partial charge in [0, 0.05) is 44.6 Å². The number of piperazine rings is 1. The number of aromatic nitrogens is 2. The van der Waals surface area contributed by atoms with Crippen LogP contribution >= 0.6 is 0 Å². The molecule has 0 spiro atoms. The van der Waals surface area contributed by atoms with E-state index in [1.165, 1.54) is 11.4 Å². The lowest BCUT2D eigenvalue weighted by molar-refractivity contribution is 0.227. The van der Waals surface area contributed by atoms with E-state index < -0.39 is 0 Å². The molecule has 4 nitrogen and oxygen atoms in total. The lowest BCUT2D eigenvalue weighted by atomic mass is 10.3. The highest BCUT2D eigenvalue weighted by Gasteiger charge is 2.13. The molecular formula is C14H17N4. The fourth-order valence-electron chi connectivity index (χ4n) is 2.30. The molecule has 0 N–H and O–H groups in total. The van der Waals surface area contributed by atoms with Crippen molar-refractivity contribution in [3.63, 3.8) is 0 Å². The predicted octanol–water partition coefficient (Wildman–Crippen LogP) is 1.29. The molecule has 18 heavy (non-hydrogen) atoms. The minimum atomic E-state index is 0.949. The largest absolute Gasteiger partial charge is 0.302 e. The van der Waals surface area contributed by atoms with Crippen molar-refractivity contribution in [1.82, 2.24) is 19.8 Å². The van der Waals surface area contributed by atoms with Crippen LogP contribution < -0.4 is 5.32 Å². The molecule has 0 amide bonds. The smallest absolute Gasteiger partial charge is 0.0994 e. The third-order valence-electron chi connectivity index (χ3n) is 3.28. The fourth-order valence-corrected chi connectivity index (χ4v) is 2.30. The van der Waals surface area contributed by atoms with Crippen molar-refractivity contribution in [2.75, 3.05) is 26.2 Å². The van der Waals surface area contributed by atoms with Gasteiger partial charge in [0.05, 0.1) is 12.0 Å². The summed E-state index contributed by atoms with van der Waals surface area (Å²) in [5.74, 6) is 0. The van der Waals surface area contributed by atoms with Crippen molar-refractivity contribution in [3.8, 4) is 5.69 Å². The van der Waals surface area contributed by atoms with Crippen molar-refractivity contribution in [2.24, 2.45) is 0 Å². The molecule has 1 saturated heterocycles. The first-order valence-corrected chi connectivity index (χ1v) is 6.36. The van der Waals surface area contributed by atoms with Gasteiger partial charge in [-0.1, -0.05) is 18.2 Å². The van der Waals surface area contributed by atoms with Crippen molar-refractivity contribution >= 4 is 0 Å². The van der Waals surface area contributed by atoms with Gasteiger partial charge >= 0.3 is 0 Å². The molecule has 0 bridgehead atoms. The first kappa shape index (κ1) is 11.4. The fraction of sp³-hybridized carbons (Fsp3) is 0.357. The van der Waals surface area contributed by atoms with Gasteiger partial charge < -0.3 is 4.57 Å². The molecular weight excluding hydrogens is 224 g/mol. The summed E-state index contributed by atoms with van der Waals surface area (Å²) >= 11 is 0. The van der Waals surface area contributed by atoms with Gasteiger partial charge in [-0.3, -0.25) is 4.90 Å². The highest BCUT2D eigenvalue weighted by Crippen LogP contribution is 2.13. The van der Waals surface area contributed by atoms with Gasteiger partial charge in [-0.05, 0) is 12.1 Å². The number of para-hydroxylation sites is 1. The van der Waals surface area contributed by atoms with Crippen LogP contribution in [0.2, 0.25) is 0 Å². The third-order valence-corrected chi connectivity index (χ3v) is 3.28.